The Labute approximate surface area is 147 Å². The molecule has 0 saturated heterocycles. The van der Waals surface area contributed by atoms with Crippen molar-refractivity contribution in [3.05, 3.63) is 70.0 Å². The van der Waals surface area contributed by atoms with Crippen LogP contribution in [0.1, 0.15) is 30.5 Å². The summed E-state index contributed by atoms with van der Waals surface area (Å²) in [5, 5.41) is 0.532. The molecular formula is C18H19Cl2NO2. The number of nitrogens with zero attached hydrogens (tertiary/aromatic N) is 1. The SMILES string of the molecule is CCOC(=O)/C(C)=C/c1ccc(Cc2cccnc2Cl)cc1.Cl. The number of carbonyl (C=O) groups excluding carboxylic acids is 1. The third kappa shape index (κ3) is 5.70. The summed E-state index contributed by atoms with van der Waals surface area (Å²) in [6.07, 6.45) is 4.23. The molecule has 0 spiro atoms. The molecule has 0 radical (unpaired) electrons. The molecule has 0 fully saturated rings. The molecule has 1 aromatic carbocycles. The van der Waals surface area contributed by atoms with Crippen LogP contribution in [0.15, 0.2) is 48.2 Å². The second-order valence-corrected chi connectivity index (χ2v) is 5.28. The second kappa shape index (κ2) is 9.33. The summed E-state index contributed by atoms with van der Waals surface area (Å²) in [5.41, 5.74) is 3.69. The molecule has 0 saturated carbocycles. The summed E-state index contributed by atoms with van der Waals surface area (Å²) in [5.74, 6) is -0.284. The molecular weight excluding hydrogens is 333 g/mol. The highest BCUT2D eigenvalue weighted by atomic mass is 35.5. The van der Waals surface area contributed by atoms with Crippen molar-refractivity contribution in [1.29, 1.82) is 0 Å². The van der Waals surface area contributed by atoms with Crippen LogP contribution in [-0.2, 0) is 16.0 Å². The van der Waals surface area contributed by atoms with E-state index < -0.39 is 0 Å². The lowest BCUT2D eigenvalue weighted by molar-refractivity contribution is -0.138. The fraction of sp³-hybridized carbons (Fsp3) is 0.222. The van der Waals surface area contributed by atoms with Gasteiger partial charge >= 0.3 is 5.97 Å². The first-order valence-corrected chi connectivity index (χ1v) is 7.51. The quantitative estimate of drug-likeness (QED) is 0.444. The summed E-state index contributed by atoms with van der Waals surface area (Å²) in [6, 6.07) is 11.8. The van der Waals surface area contributed by atoms with Crippen molar-refractivity contribution >= 4 is 36.1 Å². The molecule has 1 heterocycles. The zero-order valence-electron chi connectivity index (χ0n) is 13.1. The first kappa shape index (κ1) is 19.2. The maximum absolute atomic E-state index is 11.6. The number of hydrogen-bond donors (Lipinski definition) is 0. The molecule has 2 rings (SSSR count). The second-order valence-electron chi connectivity index (χ2n) is 4.92. The number of halogens is 2. The minimum absolute atomic E-state index is 0. The third-order valence-corrected chi connectivity index (χ3v) is 3.53. The van der Waals surface area contributed by atoms with Gasteiger partial charge in [-0.15, -0.1) is 12.4 Å². The molecule has 0 aliphatic heterocycles. The lowest BCUT2D eigenvalue weighted by Crippen LogP contribution is -2.04. The lowest BCUT2D eigenvalue weighted by Gasteiger charge is -2.05. The van der Waals surface area contributed by atoms with Crippen LogP contribution in [0.4, 0.5) is 0 Å². The van der Waals surface area contributed by atoms with Crippen molar-refractivity contribution < 1.29 is 9.53 Å². The summed E-state index contributed by atoms with van der Waals surface area (Å²) >= 11 is 6.07. The van der Waals surface area contributed by atoms with Gasteiger partial charge in [-0.25, -0.2) is 9.78 Å². The van der Waals surface area contributed by atoms with E-state index in [4.69, 9.17) is 16.3 Å². The van der Waals surface area contributed by atoms with E-state index in [1.54, 1.807) is 20.0 Å². The predicted octanol–water partition coefficient (Wildman–Crippen LogP) is 4.71. The minimum atomic E-state index is -0.284. The van der Waals surface area contributed by atoms with Crippen molar-refractivity contribution in [2.24, 2.45) is 0 Å². The highest BCUT2D eigenvalue weighted by Gasteiger charge is 2.05. The summed E-state index contributed by atoms with van der Waals surface area (Å²) in [6.45, 7) is 3.93. The van der Waals surface area contributed by atoms with E-state index in [1.807, 2.05) is 42.5 Å². The fourth-order valence-corrected chi connectivity index (χ4v) is 2.24. The number of rotatable bonds is 5. The van der Waals surface area contributed by atoms with Gasteiger partial charge < -0.3 is 4.74 Å². The Morgan fingerprint density at radius 1 is 1.26 bits per heavy atom. The molecule has 0 amide bonds. The molecule has 0 atom stereocenters. The maximum atomic E-state index is 11.6. The van der Waals surface area contributed by atoms with Crippen molar-refractivity contribution in [1.82, 2.24) is 4.98 Å². The van der Waals surface area contributed by atoms with E-state index in [-0.39, 0.29) is 18.4 Å². The van der Waals surface area contributed by atoms with Crippen LogP contribution in [0.2, 0.25) is 5.15 Å². The molecule has 2 aromatic rings. The van der Waals surface area contributed by atoms with Crippen LogP contribution in [0.5, 0.6) is 0 Å². The maximum Gasteiger partial charge on any atom is 0.333 e. The van der Waals surface area contributed by atoms with Gasteiger partial charge in [-0.3, -0.25) is 0 Å². The van der Waals surface area contributed by atoms with E-state index in [9.17, 15) is 4.79 Å². The van der Waals surface area contributed by atoms with Crippen molar-refractivity contribution in [2.45, 2.75) is 20.3 Å². The average molecular weight is 352 g/mol. The number of carbonyl (C=O) groups is 1. The van der Waals surface area contributed by atoms with Gasteiger partial charge in [-0.05, 0) is 42.7 Å². The molecule has 0 N–H and O–H groups in total. The molecule has 5 heteroatoms. The van der Waals surface area contributed by atoms with Gasteiger partial charge in [0.05, 0.1) is 6.61 Å². The molecule has 0 aliphatic carbocycles. The summed E-state index contributed by atoms with van der Waals surface area (Å²) < 4.78 is 4.96. The lowest BCUT2D eigenvalue weighted by atomic mass is 10.0. The molecule has 1 aromatic heterocycles. The zero-order valence-corrected chi connectivity index (χ0v) is 14.7. The number of esters is 1. The summed E-state index contributed by atoms with van der Waals surface area (Å²) in [7, 11) is 0. The van der Waals surface area contributed by atoms with Crippen LogP contribution in [-0.4, -0.2) is 17.6 Å². The van der Waals surface area contributed by atoms with E-state index in [0.717, 1.165) is 23.1 Å². The Kier molecular flexibility index (Phi) is 7.79. The molecule has 0 unspecified atom stereocenters. The number of aromatic nitrogens is 1. The van der Waals surface area contributed by atoms with Crippen molar-refractivity contribution in [3.63, 3.8) is 0 Å². The number of pyridine rings is 1. The van der Waals surface area contributed by atoms with Crippen LogP contribution < -0.4 is 0 Å². The van der Waals surface area contributed by atoms with Crippen LogP contribution >= 0.6 is 24.0 Å². The molecule has 3 nitrogen and oxygen atoms in total. The normalized spacial score (nSPS) is 10.8. The van der Waals surface area contributed by atoms with Gasteiger partial charge in [0, 0.05) is 18.2 Å². The first-order valence-electron chi connectivity index (χ1n) is 7.14. The Morgan fingerprint density at radius 2 is 1.96 bits per heavy atom. The van der Waals surface area contributed by atoms with Gasteiger partial charge in [-0.1, -0.05) is 41.9 Å². The predicted molar refractivity (Wildman–Crippen MR) is 96.0 cm³/mol. The topological polar surface area (TPSA) is 39.2 Å². The standard InChI is InChI=1S/C18H18ClNO2.ClH/c1-3-22-18(21)13(2)11-14-6-8-15(9-7-14)12-16-5-4-10-20-17(16)19;/h4-11H,3,12H2,1-2H3;1H/b13-11+;. The van der Waals surface area contributed by atoms with Crippen LogP contribution in [0.25, 0.3) is 6.08 Å². The van der Waals surface area contributed by atoms with E-state index in [0.29, 0.717) is 17.3 Å². The monoisotopic (exact) mass is 351 g/mol. The molecule has 0 aliphatic rings. The van der Waals surface area contributed by atoms with Gasteiger partial charge in [-0.2, -0.15) is 0 Å². The van der Waals surface area contributed by atoms with Crippen LogP contribution in [0, 0.1) is 0 Å². The van der Waals surface area contributed by atoms with Crippen molar-refractivity contribution in [2.75, 3.05) is 6.61 Å². The Bertz CT molecular complexity index is 682. The minimum Gasteiger partial charge on any atom is -0.463 e. The Hall–Kier alpha value is -1.84. The Balaban J connectivity index is 0.00000264. The van der Waals surface area contributed by atoms with E-state index >= 15 is 0 Å². The molecule has 0 bridgehead atoms. The van der Waals surface area contributed by atoms with Gasteiger partial charge in [0.15, 0.2) is 0 Å². The fourth-order valence-electron chi connectivity index (χ4n) is 2.06. The largest absolute Gasteiger partial charge is 0.463 e. The number of ether oxygens (including phenoxy) is 1. The number of hydrogen-bond acceptors (Lipinski definition) is 3. The molecule has 122 valence electrons. The third-order valence-electron chi connectivity index (χ3n) is 3.19. The zero-order chi connectivity index (χ0) is 15.9. The van der Waals surface area contributed by atoms with Gasteiger partial charge in [0.1, 0.15) is 5.15 Å². The summed E-state index contributed by atoms with van der Waals surface area (Å²) in [4.78, 5) is 15.7. The van der Waals surface area contributed by atoms with Gasteiger partial charge in [0.2, 0.25) is 0 Å². The average Bonchev–Trinajstić information content (AvgIpc) is 2.51. The molecule has 23 heavy (non-hydrogen) atoms. The van der Waals surface area contributed by atoms with Gasteiger partial charge in [0.25, 0.3) is 0 Å². The van der Waals surface area contributed by atoms with E-state index in [1.165, 1.54) is 0 Å². The highest BCUT2D eigenvalue weighted by molar-refractivity contribution is 6.30. The van der Waals surface area contributed by atoms with E-state index in [2.05, 4.69) is 4.98 Å². The van der Waals surface area contributed by atoms with Crippen LogP contribution in [0.3, 0.4) is 0 Å². The van der Waals surface area contributed by atoms with Crippen molar-refractivity contribution in [3.8, 4) is 0 Å². The Morgan fingerprint density at radius 3 is 2.57 bits per heavy atom. The number of benzene rings is 1. The highest BCUT2D eigenvalue weighted by Crippen LogP contribution is 2.17. The first-order chi connectivity index (χ1) is 10.6. The smallest absolute Gasteiger partial charge is 0.333 e.